The summed E-state index contributed by atoms with van der Waals surface area (Å²) in [6.45, 7) is 3.92. The van der Waals surface area contributed by atoms with Gasteiger partial charge in [-0.2, -0.15) is 0 Å². The van der Waals surface area contributed by atoms with Crippen molar-refractivity contribution in [2.24, 2.45) is 11.8 Å². The Balaban J connectivity index is 1.92. The summed E-state index contributed by atoms with van der Waals surface area (Å²) in [6, 6.07) is 0.0340. The fourth-order valence-electron chi connectivity index (χ4n) is 2.89. The zero-order chi connectivity index (χ0) is 12.4. The molecule has 1 amide bonds. The molecule has 0 spiro atoms. The number of nitrogens with one attached hydrogen (secondary N) is 1. The summed E-state index contributed by atoms with van der Waals surface area (Å²) in [5, 5.41) is 13.2. The molecule has 0 aromatic heterocycles. The Morgan fingerprint density at radius 3 is 2.53 bits per heavy atom. The second-order valence-electron chi connectivity index (χ2n) is 5.58. The Labute approximate surface area is 103 Å². The van der Waals surface area contributed by atoms with Crippen LogP contribution in [-0.2, 0) is 4.79 Å². The lowest BCUT2D eigenvalue weighted by atomic mass is 9.86. The molecular formula is C13H24N2O2. The van der Waals surface area contributed by atoms with Crippen LogP contribution in [0.25, 0.3) is 0 Å². The molecule has 0 radical (unpaired) electrons. The van der Waals surface area contributed by atoms with E-state index in [1.807, 2.05) is 14.0 Å². The van der Waals surface area contributed by atoms with Crippen molar-refractivity contribution >= 4 is 5.91 Å². The summed E-state index contributed by atoms with van der Waals surface area (Å²) in [6.07, 6.45) is 3.66. The molecule has 2 N–H and O–H groups in total. The first-order chi connectivity index (χ1) is 8.11. The van der Waals surface area contributed by atoms with Gasteiger partial charge >= 0.3 is 0 Å². The van der Waals surface area contributed by atoms with E-state index in [0.29, 0.717) is 5.92 Å². The number of nitrogens with zero attached hydrogens (tertiary/aromatic N) is 1. The highest BCUT2D eigenvalue weighted by Gasteiger charge is 2.35. The molecular weight excluding hydrogens is 216 g/mol. The van der Waals surface area contributed by atoms with E-state index in [1.165, 1.54) is 0 Å². The van der Waals surface area contributed by atoms with Gasteiger partial charge < -0.3 is 15.3 Å². The van der Waals surface area contributed by atoms with Crippen LogP contribution in [0, 0.1) is 11.8 Å². The summed E-state index contributed by atoms with van der Waals surface area (Å²) in [4.78, 5) is 14.1. The third kappa shape index (κ3) is 2.63. The molecule has 4 nitrogen and oxygen atoms in total. The van der Waals surface area contributed by atoms with E-state index >= 15 is 0 Å². The van der Waals surface area contributed by atoms with Gasteiger partial charge in [-0.15, -0.1) is 0 Å². The van der Waals surface area contributed by atoms with Gasteiger partial charge in [0.2, 0.25) is 5.91 Å². The van der Waals surface area contributed by atoms with E-state index in [-0.39, 0.29) is 24.0 Å². The lowest BCUT2D eigenvalue weighted by molar-refractivity contribution is -0.141. The zero-order valence-electron chi connectivity index (χ0n) is 10.9. The number of amides is 1. The minimum absolute atomic E-state index is 0.0340. The highest BCUT2D eigenvalue weighted by molar-refractivity contribution is 5.79. The number of rotatable bonds is 3. The van der Waals surface area contributed by atoms with Gasteiger partial charge in [0, 0.05) is 13.0 Å². The topological polar surface area (TPSA) is 52.6 Å². The lowest BCUT2D eigenvalue weighted by Crippen LogP contribution is -2.53. The van der Waals surface area contributed by atoms with Crippen LogP contribution in [0.5, 0.6) is 0 Å². The largest absolute Gasteiger partial charge is 0.391 e. The van der Waals surface area contributed by atoms with Crippen molar-refractivity contribution in [1.29, 1.82) is 0 Å². The normalized spacial score (nSPS) is 31.7. The number of hydrogen-bond donors (Lipinski definition) is 2. The Bertz CT molecular complexity index is 279. The predicted molar refractivity (Wildman–Crippen MR) is 66.6 cm³/mol. The molecule has 0 aromatic rings. The zero-order valence-corrected chi connectivity index (χ0v) is 10.9. The maximum absolute atomic E-state index is 12.3. The lowest BCUT2D eigenvalue weighted by Gasteiger charge is -2.39. The van der Waals surface area contributed by atoms with Gasteiger partial charge in [-0.05, 0) is 31.8 Å². The number of likely N-dealkylation sites (N-methyl/N-ethyl adjacent to an activating group) is 1. The fourth-order valence-corrected chi connectivity index (χ4v) is 2.89. The number of aliphatic hydroxyl groups is 1. The molecule has 0 bridgehead atoms. The third-order valence-corrected chi connectivity index (χ3v) is 4.45. The van der Waals surface area contributed by atoms with Crippen LogP contribution >= 0.6 is 0 Å². The van der Waals surface area contributed by atoms with Crippen molar-refractivity contribution < 1.29 is 9.90 Å². The average molecular weight is 240 g/mol. The molecule has 17 heavy (non-hydrogen) atoms. The Morgan fingerprint density at radius 2 is 2.00 bits per heavy atom. The summed E-state index contributed by atoms with van der Waals surface area (Å²) in [5.41, 5.74) is 0. The summed E-state index contributed by atoms with van der Waals surface area (Å²) >= 11 is 0. The van der Waals surface area contributed by atoms with Gasteiger partial charge in [0.1, 0.15) is 0 Å². The fraction of sp³-hybridized carbons (Fsp3) is 0.923. The van der Waals surface area contributed by atoms with E-state index < -0.39 is 0 Å². The first kappa shape index (κ1) is 12.8. The Kier molecular flexibility index (Phi) is 4.05. The second-order valence-corrected chi connectivity index (χ2v) is 5.58. The number of hydrogen-bond acceptors (Lipinski definition) is 3. The molecule has 2 fully saturated rings. The Hall–Kier alpha value is -0.610. The van der Waals surface area contributed by atoms with Crippen LogP contribution in [0.15, 0.2) is 0 Å². The van der Waals surface area contributed by atoms with Crippen LogP contribution in [0.4, 0.5) is 0 Å². The summed E-state index contributed by atoms with van der Waals surface area (Å²) in [5.74, 6) is 0.753. The van der Waals surface area contributed by atoms with Crippen molar-refractivity contribution in [2.45, 2.75) is 44.8 Å². The van der Waals surface area contributed by atoms with Gasteiger partial charge in [-0.1, -0.05) is 19.8 Å². The molecule has 1 aliphatic heterocycles. The molecule has 2 aliphatic rings. The maximum atomic E-state index is 12.3. The monoisotopic (exact) mass is 240 g/mol. The molecule has 1 saturated carbocycles. The van der Waals surface area contributed by atoms with Gasteiger partial charge in [0.15, 0.2) is 0 Å². The van der Waals surface area contributed by atoms with Crippen molar-refractivity contribution in [2.75, 3.05) is 20.1 Å². The highest BCUT2D eigenvalue weighted by atomic mass is 16.3. The molecule has 1 aliphatic carbocycles. The van der Waals surface area contributed by atoms with E-state index in [2.05, 4.69) is 5.32 Å². The van der Waals surface area contributed by atoms with Crippen LogP contribution in [-0.4, -0.2) is 48.2 Å². The molecule has 4 heteroatoms. The van der Waals surface area contributed by atoms with Crippen LogP contribution in [0.3, 0.4) is 0 Å². The second kappa shape index (κ2) is 5.36. The molecule has 1 heterocycles. The molecule has 98 valence electrons. The average Bonchev–Trinajstić information content (AvgIpc) is 2.25. The number of carbonyl (C=O) groups is 1. The molecule has 3 atom stereocenters. The molecule has 0 aromatic carbocycles. The number of aliphatic hydroxyl groups excluding tert-OH is 1. The van der Waals surface area contributed by atoms with Crippen LogP contribution < -0.4 is 5.32 Å². The van der Waals surface area contributed by atoms with Crippen molar-refractivity contribution in [3.8, 4) is 0 Å². The van der Waals surface area contributed by atoms with Gasteiger partial charge in [0.05, 0.1) is 12.1 Å². The number of carbonyl (C=O) groups excluding carboxylic acids is 1. The standard InChI is InChI=1S/C13H24N2O2/c1-9(10-7-14-8-10)13(17)15(2)11-5-3-4-6-12(11)16/h9-12,14,16H,3-8H2,1-2H3. The van der Waals surface area contributed by atoms with Gasteiger partial charge in [0.25, 0.3) is 0 Å². The summed E-state index contributed by atoms with van der Waals surface area (Å²) < 4.78 is 0. The minimum Gasteiger partial charge on any atom is -0.391 e. The van der Waals surface area contributed by atoms with E-state index in [1.54, 1.807) is 4.90 Å². The van der Waals surface area contributed by atoms with Crippen LogP contribution in [0.2, 0.25) is 0 Å². The molecule has 2 rings (SSSR count). The first-order valence-electron chi connectivity index (χ1n) is 6.76. The van der Waals surface area contributed by atoms with Crippen molar-refractivity contribution in [3.05, 3.63) is 0 Å². The van der Waals surface area contributed by atoms with Crippen LogP contribution in [0.1, 0.15) is 32.6 Å². The smallest absolute Gasteiger partial charge is 0.225 e. The van der Waals surface area contributed by atoms with Gasteiger partial charge in [-0.25, -0.2) is 0 Å². The minimum atomic E-state index is -0.329. The van der Waals surface area contributed by atoms with E-state index in [0.717, 1.165) is 38.8 Å². The predicted octanol–water partition coefficient (Wildman–Crippen LogP) is 0.604. The molecule has 3 unspecified atom stereocenters. The van der Waals surface area contributed by atoms with Gasteiger partial charge in [-0.3, -0.25) is 4.79 Å². The van der Waals surface area contributed by atoms with Crippen molar-refractivity contribution in [1.82, 2.24) is 10.2 Å². The first-order valence-corrected chi connectivity index (χ1v) is 6.76. The van der Waals surface area contributed by atoms with E-state index in [4.69, 9.17) is 0 Å². The molecule has 1 saturated heterocycles. The third-order valence-electron chi connectivity index (χ3n) is 4.45. The SMILES string of the molecule is CC(C(=O)N(C)C1CCCCC1O)C1CNC1. The quantitative estimate of drug-likeness (QED) is 0.760. The Morgan fingerprint density at radius 1 is 1.35 bits per heavy atom. The van der Waals surface area contributed by atoms with E-state index in [9.17, 15) is 9.90 Å². The van der Waals surface area contributed by atoms with Crippen molar-refractivity contribution in [3.63, 3.8) is 0 Å². The highest BCUT2D eigenvalue weighted by Crippen LogP contribution is 2.25. The maximum Gasteiger partial charge on any atom is 0.225 e. The summed E-state index contributed by atoms with van der Waals surface area (Å²) in [7, 11) is 1.85.